The second kappa shape index (κ2) is 3.25. The zero-order valence-electron chi connectivity index (χ0n) is 7.09. The maximum Gasteiger partial charge on any atom is 0.0462 e. The fraction of sp³-hybridized carbons (Fsp3) is 0.400. The smallest absolute Gasteiger partial charge is 0.0462 e. The van der Waals surface area contributed by atoms with Crippen molar-refractivity contribution in [3.8, 4) is 0 Å². The predicted molar refractivity (Wildman–Crippen MR) is 49.4 cm³/mol. The molecule has 1 aromatic carbocycles. The van der Waals surface area contributed by atoms with Gasteiger partial charge in [-0.15, -0.1) is 0 Å². The van der Waals surface area contributed by atoms with E-state index in [1.807, 2.05) is 0 Å². The van der Waals surface area contributed by atoms with Gasteiger partial charge < -0.3 is 0 Å². The maximum atomic E-state index is 5.47. The zero-order valence-corrected chi connectivity index (χ0v) is 7.09. The number of hydrazine groups is 1. The average molecular weight is 162 g/mol. The standard InChI is InChI=1S/C10H14N2/c11-12-10-7-3-5-8-4-1-2-6-9(8)10/h1-2,4,6,10,12H,3,5,7,11H2/t10-/m0/s1. The zero-order chi connectivity index (χ0) is 8.39. The molecule has 0 spiro atoms. The monoisotopic (exact) mass is 162 g/mol. The van der Waals surface area contributed by atoms with Gasteiger partial charge >= 0.3 is 0 Å². The molecule has 2 rings (SSSR count). The Hall–Kier alpha value is -0.860. The van der Waals surface area contributed by atoms with E-state index in [9.17, 15) is 0 Å². The van der Waals surface area contributed by atoms with Crippen LogP contribution in [0.2, 0.25) is 0 Å². The lowest BCUT2D eigenvalue weighted by Crippen LogP contribution is -2.30. The number of fused-ring (bicyclic) bond motifs is 1. The van der Waals surface area contributed by atoms with Crippen molar-refractivity contribution in [2.75, 3.05) is 0 Å². The molecular weight excluding hydrogens is 148 g/mol. The number of benzene rings is 1. The molecule has 0 fully saturated rings. The van der Waals surface area contributed by atoms with Gasteiger partial charge in [-0.3, -0.25) is 11.3 Å². The Balaban J connectivity index is 2.37. The first kappa shape index (κ1) is 7.77. The first-order chi connectivity index (χ1) is 5.92. The largest absolute Gasteiger partial charge is 0.271 e. The summed E-state index contributed by atoms with van der Waals surface area (Å²) in [5.74, 6) is 5.47. The molecule has 2 nitrogen and oxygen atoms in total. The third kappa shape index (κ3) is 1.24. The van der Waals surface area contributed by atoms with E-state index in [1.165, 1.54) is 24.0 Å². The van der Waals surface area contributed by atoms with Crippen molar-refractivity contribution >= 4 is 0 Å². The number of hydrogen-bond donors (Lipinski definition) is 2. The second-order valence-corrected chi connectivity index (χ2v) is 3.31. The minimum absolute atomic E-state index is 0.370. The van der Waals surface area contributed by atoms with Crippen LogP contribution in [0.1, 0.15) is 30.0 Å². The van der Waals surface area contributed by atoms with Gasteiger partial charge in [0.2, 0.25) is 0 Å². The third-order valence-corrected chi connectivity index (χ3v) is 2.57. The van der Waals surface area contributed by atoms with E-state index in [1.54, 1.807) is 0 Å². The van der Waals surface area contributed by atoms with Crippen LogP contribution in [0.15, 0.2) is 24.3 Å². The Morgan fingerprint density at radius 2 is 2.17 bits per heavy atom. The van der Waals surface area contributed by atoms with E-state index in [2.05, 4.69) is 29.7 Å². The molecule has 64 valence electrons. The average Bonchev–Trinajstić information content (AvgIpc) is 2.17. The molecule has 2 heteroatoms. The van der Waals surface area contributed by atoms with Crippen LogP contribution in [0.5, 0.6) is 0 Å². The lowest BCUT2D eigenvalue weighted by Gasteiger charge is -2.24. The minimum Gasteiger partial charge on any atom is -0.271 e. The molecule has 0 heterocycles. The summed E-state index contributed by atoms with van der Waals surface area (Å²) in [6.07, 6.45) is 3.60. The van der Waals surface area contributed by atoms with E-state index in [0.717, 1.165) is 6.42 Å². The van der Waals surface area contributed by atoms with E-state index in [0.29, 0.717) is 6.04 Å². The van der Waals surface area contributed by atoms with E-state index in [-0.39, 0.29) is 0 Å². The Morgan fingerprint density at radius 1 is 1.33 bits per heavy atom. The number of aryl methyl sites for hydroxylation is 1. The van der Waals surface area contributed by atoms with Gasteiger partial charge in [0, 0.05) is 6.04 Å². The molecule has 1 atom stereocenters. The summed E-state index contributed by atoms with van der Waals surface area (Å²) in [6, 6.07) is 8.90. The Bertz CT molecular complexity index is 270. The van der Waals surface area contributed by atoms with Crippen molar-refractivity contribution in [2.24, 2.45) is 5.84 Å². The summed E-state index contributed by atoms with van der Waals surface area (Å²) >= 11 is 0. The fourth-order valence-corrected chi connectivity index (χ4v) is 1.93. The molecule has 0 saturated carbocycles. The van der Waals surface area contributed by atoms with Gasteiger partial charge in [-0.2, -0.15) is 0 Å². The van der Waals surface area contributed by atoms with Crippen molar-refractivity contribution in [3.05, 3.63) is 35.4 Å². The van der Waals surface area contributed by atoms with Crippen LogP contribution in [0, 0.1) is 0 Å². The molecule has 1 aliphatic carbocycles. The van der Waals surface area contributed by atoms with Crippen molar-refractivity contribution in [2.45, 2.75) is 25.3 Å². The van der Waals surface area contributed by atoms with Crippen molar-refractivity contribution < 1.29 is 0 Å². The highest BCUT2D eigenvalue weighted by molar-refractivity contribution is 5.31. The highest BCUT2D eigenvalue weighted by Crippen LogP contribution is 2.28. The first-order valence-corrected chi connectivity index (χ1v) is 4.46. The fourth-order valence-electron chi connectivity index (χ4n) is 1.93. The number of hydrogen-bond acceptors (Lipinski definition) is 2. The van der Waals surface area contributed by atoms with Crippen LogP contribution in [0.3, 0.4) is 0 Å². The van der Waals surface area contributed by atoms with Crippen molar-refractivity contribution in [3.63, 3.8) is 0 Å². The van der Waals surface area contributed by atoms with Crippen LogP contribution < -0.4 is 11.3 Å². The Kier molecular flexibility index (Phi) is 2.11. The second-order valence-electron chi connectivity index (χ2n) is 3.31. The molecule has 3 N–H and O–H groups in total. The normalized spacial score (nSPS) is 21.9. The molecule has 12 heavy (non-hydrogen) atoms. The lowest BCUT2D eigenvalue weighted by molar-refractivity contribution is 0.472. The molecule has 1 aromatic rings. The predicted octanol–water partition coefficient (Wildman–Crippen LogP) is 1.53. The molecule has 1 aliphatic rings. The maximum absolute atomic E-state index is 5.47. The summed E-state index contributed by atoms with van der Waals surface area (Å²) in [7, 11) is 0. The Morgan fingerprint density at radius 3 is 3.00 bits per heavy atom. The summed E-state index contributed by atoms with van der Waals surface area (Å²) in [5, 5.41) is 0. The van der Waals surface area contributed by atoms with Gasteiger partial charge in [0.1, 0.15) is 0 Å². The number of nitrogens with two attached hydrogens (primary N) is 1. The van der Waals surface area contributed by atoms with E-state index >= 15 is 0 Å². The topological polar surface area (TPSA) is 38.0 Å². The molecule has 0 bridgehead atoms. The highest BCUT2D eigenvalue weighted by atomic mass is 15.2. The SMILES string of the molecule is NN[C@H]1CCCc2ccccc21. The highest BCUT2D eigenvalue weighted by Gasteiger charge is 2.17. The van der Waals surface area contributed by atoms with Gasteiger partial charge in [0.15, 0.2) is 0 Å². The summed E-state index contributed by atoms with van der Waals surface area (Å²) < 4.78 is 0. The van der Waals surface area contributed by atoms with Gasteiger partial charge in [-0.1, -0.05) is 24.3 Å². The van der Waals surface area contributed by atoms with Crippen LogP contribution >= 0.6 is 0 Å². The molecule has 0 amide bonds. The van der Waals surface area contributed by atoms with Crippen LogP contribution in [-0.2, 0) is 6.42 Å². The molecule has 0 radical (unpaired) electrons. The molecule has 0 saturated heterocycles. The van der Waals surface area contributed by atoms with Crippen molar-refractivity contribution in [1.82, 2.24) is 5.43 Å². The van der Waals surface area contributed by atoms with Crippen LogP contribution in [0.4, 0.5) is 0 Å². The minimum atomic E-state index is 0.370. The molecule has 0 aliphatic heterocycles. The van der Waals surface area contributed by atoms with Gasteiger partial charge in [-0.25, -0.2) is 0 Å². The molecule has 0 aromatic heterocycles. The van der Waals surface area contributed by atoms with E-state index < -0.39 is 0 Å². The van der Waals surface area contributed by atoms with Gasteiger partial charge in [0.25, 0.3) is 0 Å². The quantitative estimate of drug-likeness (QED) is 0.485. The first-order valence-electron chi connectivity index (χ1n) is 4.46. The molecule has 0 unspecified atom stereocenters. The van der Waals surface area contributed by atoms with Gasteiger partial charge in [-0.05, 0) is 30.4 Å². The number of nitrogens with one attached hydrogen (secondary N) is 1. The summed E-state index contributed by atoms with van der Waals surface area (Å²) in [6.45, 7) is 0. The third-order valence-electron chi connectivity index (χ3n) is 2.57. The van der Waals surface area contributed by atoms with Crippen LogP contribution in [-0.4, -0.2) is 0 Å². The molecular formula is C10H14N2. The van der Waals surface area contributed by atoms with E-state index in [4.69, 9.17) is 5.84 Å². The van der Waals surface area contributed by atoms with Gasteiger partial charge in [0.05, 0.1) is 0 Å². The Labute approximate surface area is 72.7 Å². The lowest BCUT2D eigenvalue weighted by atomic mass is 9.88. The van der Waals surface area contributed by atoms with Crippen LogP contribution in [0.25, 0.3) is 0 Å². The summed E-state index contributed by atoms with van der Waals surface area (Å²) in [4.78, 5) is 0. The van der Waals surface area contributed by atoms with Crippen molar-refractivity contribution in [1.29, 1.82) is 0 Å². The summed E-state index contributed by atoms with van der Waals surface area (Å²) in [5.41, 5.74) is 5.69. The number of rotatable bonds is 1.